The molecule has 0 aliphatic carbocycles. The molecule has 1 aliphatic heterocycles. The number of benzene rings is 1. The van der Waals surface area contributed by atoms with Crippen LogP contribution in [0.3, 0.4) is 0 Å². The minimum atomic E-state index is 0.773. The SMILES string of the molecule is Cc1cccc(NC(=S)N(CCC[NH+]2CCOCC2)Cc2ccncc2)c1. The average Bonchev–Trinajstić information content (AvgIpc) is 2.69. The van der Waals surface area contributed by atoms with Gasteiger partial charge in [-0.25, -0.2) is 0 Å². The van der Waals surface area contributed by atoms with E-state index in [9.17, 15) is 0 Å². The largest absolute Gasteiger partial charge is 0.370 e. The van der Waals surface area contributed by atoms with Gasteiger partial charge in [-0.05, 0) is 54.5 Å². The number of aromatic nitrogens is 1. The second kappa shape index (κ2) is 10.3. The van der Waals surface area contributed by atoms with E-state index in [0.29, 0.717) is 0 Å². The summed E-state index contributed by atoms with van der Waals surface area (Å²) in [7, 11) is 0. The first-order valence-corrected chi connectivity index (χ1v) is 10.0. The van der Waals surface area contributed by atoms with Crippen molar-refractivity contribution in [2.45, 2.75) is 19.9 Å². The highest BCUT2D eigenvalue weighted by atomic mass is 32.1. The monoisotopic (exact) mass is 385 g/mol. The van der Waals surface area contributed by atoms with Gasteiger partial charge in [-0.15, -0.1) is 0 Å². The predicted molar refractivity (Wildman–Crippen MR) is 113 cm³/mol. The van der Waals surface area contributed by atoms with Crippen LogP contribution in [0.1, 0.15) is 17.5 Å². The number of morpholine rings is 1. The van der Waals surface area contributed by atoms with Crippen LogP contribution in [0.4, 0.5) is 5.69 Å². The molecule has 1 aromatic heterocycles. The number of thiocarbonyl (C=S) groups is 1. The minimum absolute atomic E-state index is 0.773. The number of quaternary nitrogens is 1. The molecule has 0 spiro atoms. The highest BCUT2D eigenvalue weighted by Crippen LogP contribution is 2.12. The molecule has 1 fully saturated rings. The number of hydrogen-bond donors (Lipinski definition) is 2. The first-order chi connectivity index (χ1) is 13.2. The maximum absolute atomic E-state index is 5.74. The first kappa shape index (κ1) is 19.7. The predicted octanol–water partition coefficient (Wildman–Crippen LogP) is 1.89. The summed E-state index contributed by atoms with van der Waals surface area (Å²) in [6.07, 6.45) is 4.78. The van der Waals surface area contributed by atoms with Gasteiger partial charge < -0.3 is 19.9 Å². The van der Waals surface area contributed by atoms with Crippen molar-refractivity contribution >= 4 is 23.0 Å². The Kier molecular flexibility index (Phi) is 7.56. The number of hydrogen-bond acceptors (Lipinski definition) is 3. The number of anilines is 1. The van der Waals surface area contributed by atoms with Crippen LogP contribution in [0, 0.1) is 6.92 Å². The third kappa shape index (κ3) is 6.57. The molecule has 0 radical (unpaired) electrons. The van der Waals surface area contributed by atoms with Crippen molar-refractivity contribution in [1.82, 2.24) is 9.88 Å². The standard InChI is InChI=1S/C21H28N4OS/c1-18-4-2-5-20(16-18)23-21(27)25(17-19-6-8-22-9-7-19)11-3-10-24-12-14-26-15-13-24/h2,4-9,16H,3,10-15,17H2,1H3,(H,23,27)/p+1. The number of rotatable bonds is 7. The van der Waals surface area contributed by atoms with E-state index in [1.165, 1.54) is 11.1 Å². The fourth-order valence-electron chi connectivity index (χ4n) is 3.32. The van der Waals surface area contributed by atoms with Gasteiger partial charge in [0.25, 0.3) is 0 Å². The molecule has 0 amide bonds. The third-order valence-electron chi connectivity index (χ3n) is 4.84. The van der Waals surface area contributed by atoms with Gasteiger partial charge in [0.15, 0.2) is 5.11 Å². The lowest BCUT2D eigenvalue weighted by Crippen LogP contribution is -3.14. The maximum Gasteiger partial charge on any atom is 0.173 e. The Morgan fingerprint density at radius 1 is 1.22 bits per heavy atom. The number of nitrogens with one attached hydrogen (secondary N) is 2. The van der Waals surface area contributed by atoms with Gasteiger partial charge >= 0.3 is 0 Å². The van der Waals surface area contributed by atoms with Crippen LogP contribution in [0.15, 0.2) is 48.8 Å². The van der Waals surface area contributed by atoms with E-state index < -0.39 is 0 Å². The van der Waals surface area contributed by atoms with Gasteiger partial charge in [0, 0.05) is 37.6 Å². The molecule has 2 aromatic rings. The van der Waals surface area contributed by atoms with Crippen LogP contribution in [0.5, 0.6) is 0 Å². The second-order valence-electron chi connectivity index (χ2n) is 7.04. The van der Waals surface area contributed by atoms with Gasteiger partial charge in [-0.1, -0.05) is 12.1 Å². The Hall–Kier alpha value is -2.02. The molecular formula is C21H29N4OS+. The Morgan fingerprint density at radius 3 is 2.74 bits per heavy atom. The molecule has 0 atom stereocenters. The third-order valence-corrected chi connectivity index (χ3v) is 5.20. The molecule has 2 N–H and O–H groups in total. The molecule has 144 valence electrons. The van der Waals surface area contributed by atoms with E-state index >= 15 is 0 Å². The lowest BCUT2D eigenvalue weighted by molar-refractivity contribution is -0.908. The van der Waals surface area contributed by atoms with Crippen molar-refractivity contribution < 1.29 is 9.64 Å². The van der Waals surface area contributed by atoms with Crippen molar-refractivity contribution in [3.63, 3.8) is 0 Å². The summed E-state index contributed by atoms with van der Waals surface area (Å²) in [6.45, 7) is 8.94. The molecule has 1 saturated heterocycles. The van der Waals surface area contributed by atoms with E-state index in [1.54, 1.807) is 4.90 Å². The summed E-state index contributed by atoms with van der Waals surface area (Å²) in [4.78, 5) is 8.00. The molecule has 1 aromatic carbocycles. The van der Waals surface area contributed by atoms with Crippen LogP contribution in [0.2, 0.25) is 0 Å². The van der Waals surface area contributed by atoms with Gasteiger partial charge in [-0.3, -0.25) is 4.98 Å². The van der Waals surface area contributed by atoms with Gasteiger partial charge in [-0.2, -0.15) is 0 Å². The normalized spacial score (nSPS) is 14.7. The Morgan fingerprint density at radius 2 is 2.00 bits per heavy atom. The minimum Gasteiger partial charge on any atom is -0.370 e. The van der Waals surface area contributed by atoms with Crippen LogP contribution >= 0.6 is 12.2 Å². The fraction of sp³-hybridized carbons (Fsp3) is 0.429. The highest BCUT2D eigenvalue weighted by Gasteiger charge is 2.16. The van der Waals surface area contributed by atoms with Gasteiger partial charge in [0.1, 0.15) is 13.1 Å². The molecule has 2 heterocycles. The summed E-state index contributed by atoms with van der Waals surface area (Å²) in [6, 6.07) is 12.4. The molecule has 0 unspecified atom stereocenters. The topological polar surface area (TPSA) is 41.8 Å². The molecule has 6 heteroatoms. The van der Waals surface area contributed by atoms with E-state index in [-0.39, 0.29) is 0 Å². The Labute approximate surface area is 167 Å². The summed E-state index contributed by atoms with van der Waals surface area (Å²) in [5, 5.41) is 4.18. The molecule has 0 bridgehead atoms. The molecule has 1 aliphatic rings. The van der Waals surface area contributed by atoms with Crippen molar-refractivity contribution in [2.24, 2.45) is 0 Å². The van der Waals surface area contributed by atoms with Gasteiger partial charge in [0.05, 0.1) is 19.8 Å². The number of nitrogens with zero attached hydrogens (tertiary/aromatic N) is 2. The lowest BCUT2D eigenvalue weighted by Gasteiger charge is -2.28. The number of aryl methyl sites for hydroxylation is 1. The van der Waals surface area contributed by atoms with Gasteiger partial charge in [0.2, 0.25) is 0 Å². The summed E-state index contributed by atoms with van der Waals surface area (Å²) in [5.41, 5.74) is 3.48. The van der Waals surface area contributed by atoms with Crippen molar-refractivity contribution in [2.75, 3.05) is 44.7 Å². The average molecular weight is 386 g/mol. The van der Waals surface area contributed by atoms with E-state index in [4.69, 9.17) is 17.0 Å². The molecule has 0 saturated carbocycles. The zero-order valence-corrected chi connectivity index (χ0v) is 16.8. The summed E-state index contributed by atoms with van der Waals surface area (Å²) < 4.78 is 5.45. The lowest BCUT2D eigenvalue weighted by atomic mass is 10.2. The van der Waals surface area contributed by atoms with Crippen LogP contribution in [0.25, 0.3) is 0 Å². The highest BCUT2D eigenvalue weighted by molar-refractivity contribution is 7.80. The molecule has 27 heavy (non-hydrogen) atoms. The number of ether oxygens (including phenoxy) is 1. The number of pyridine rings is 1. The Bertz CT molecular complexity index is 719. The zero-order valence-electron chi connectivity index (χ0n) is 16.0. The van der Waals surface area contributed by atoms with Crippen LogP contribution < -0.4 is 10.2 Å². The van der Waals surface area contributed by atoms with Crippen molar-refractivity contribution in [3.05, 3.63) is 59.9 Å². The van der Waals surface area contributed by atoms with E-state index in [0.717, 1.165) is 63.2 Å². The summed E-state index contributed by atoms with van der Waals surface area (Å²) in [5.74, 6) is 0. The molecular weight excluding hydrogens is 356 g/mol. The zero-order chi connectivity index (χ0) is 18.9. The molecule has 5 nitrogen and oxygen atoms in total. The Balaban J connectivity index is 1.60. The fourth-order valence-corrected chi connectivity index (χ4v) is 3.59. The first-order valence-electron chi connectivity index (χ1n) is 9.63. The van der Waals surface area contributed by atoms with Crippen molar-refractivity contribution in [1.29, 1.82) is 0 Å². The summed E-state index contributed by atoms with van der Waals surface area (Å²) >= 11 is 5.74. The quantitative estimate of drug-likeness (QED) is 0.713. The van der Waals surface area contributed by atoms with Crippen LogP contribution in [-0.2, 0) is 11.3 Å². The van der Waals surface area contributed by atoms with Crippen LogP contribution in [-0.4, -0.2) is 54.4 Å². The van der Waals surface area contributed by atoms with E-state index in [1.807, 2.05) is 12.4 Å². The maximum atomic E-state index is 5.74. The second-order valence-corrected chi connectivity index (χ2v) is 7.43. The van der Waals surface area contributed by atoms with Crippen molar-refractivity contribution in [3.8, 4) is 0 Å². The smallest absolute Gasteiger partial charge is 0.173 e. The molecule has 3 rings (SSSR count). The van der Waals surface area contributed by atoms with E-state index in [2.05, 4.69) is 58.5 Å².